The molecule has 0 bridgehead atoms. The van der Waals surface area contributed by atoms with E-state index in [9.17, 15) is 15.2 Å². The van der Waals surface area contributed by atoms with E-state index < -0.39 is 11.0 Å². The third kappa shape index (κ3) is 3.79. The zero-order valence-corrected chi connectivity index (χ0v) is 10.3. The summed E-state index contributed by atoms with van der Waals surface area (Å²) in [6.45, 7) is 1.96. The summed E-state index contributed by atoms with van der Waals surface area (Å²) in [5.41, 5.74) is -0.0460. The van der Waals surface area contributed by atoms with E-state index in [4.69, 9.17) is 4.74 Å². The highest BCUT2D eigenvalue weighted by Crippen LogP contribution is 2.26. The number of nitrogens with zero attached hydrogens (tertiary/aromatic N) is 1. The van der Waals surface area contributed by atoms with Crippen molar-refractivity contribution in [2.75, 3.05) is 6.61 Å². The maximum atomic E-state index is 10.6. The summed E-state index contributed by atoms with van der Waals surface area (Å²) in [6, 6.07) is 4.34. The van der Waals surface area contributed by atoms with Gasteiger partial charge in [0.05, 0.1) is 17.1 Å². The van der Waals surface area contributed by atoms with Gasteiger partial charge in [0.1, 0.15) is 12.4 Å². The molecule has 1 N–H and O–H groups in total. The highest BCUT2D eigenvalue weighted by molar-refractivity contribution is 9.10. The normalized spacial score (nSPS) is 12.2. The third-order valence-electron chi connectivity index (χ3n) is 1.98. The minimum atomic E-state index is -0.557. The number of halogens is 1. The minimum Gasteiger partial charge on any atom is -0.491 e. The molecule has 0 fully saturated rings. The van der Waals surface area contributed by atoms with E-state index in [1.807, 2.05) is 6.92 Å². The van der Waals surface area contributed by atoms with Crippen molar-refractivity contribution in [3.63, 3.8) is 0 Å². The van der Waals surface area contributed by atoms with Crippen molar-refractivity contribution in [1.29, 1.82) is 0 Å². The molecular weight excluding hydrogens is 278 g/mol. The predicted molar refractivity (Wildman–Crippen MR) is 62.6 cm³/mol. The van der Waals surface area contributed by atoms with E-state index in [2.05, 4.69) is 15.9 Å². The van der Waals surface area contributed by atoms with E-state index in [-0.39, 0.29) is 12.3 Å². The molecule has 0 aliphatic rings. The zero-order chi connectivity index (χ0) is 12.1. The van der Waals surface area contributed by atoms with Crippen LogP contribution >= 0.6 is 15.9 Å². The van der Waals surface area contributed by atoms with E-state index in [1.54, 1.807) is 6.07 Å². The molecule has 0 aliphatic carbocycles. The molecule has 0 aromatic heterocycles. The van der Waals surface area contributed by atoms with Gasteiger partial charge in [-0.3, -0.25) is 10.1 Å². The van der Waals surface area contributed by atoms with Crippen molar-refractivity contribution in [2.45, 2.75) is 19.4 Å². The molecule has 1 rings (SSSR count). The van der Waals surface area contributed by atoms with E-state index in [0.29, 0.717) is 16.6 Å². The third-order valence-corrected chi connectivity index (χ3v) is 2.44. The maximum Gasteiger partial charge on any atom is 0.274 e. The molecule has 0 amide bonds. The van der Waals surface area contributed by atoms with Crippen LogP contribution < -0.4 is 4.74 Å². The molecule has 0 radical (unpaired) electrons. The largest absolute Gasteiger partial charge is 0.491 e. The van der Waals surface area contributed by atoms with Crippen LogP contribution in [0.2, 0.25) is 0 Å². The lowest BCUT2D eigenvalue weighted by Gasteiger charge is -2.10. The molecule has 0 spiro atoms. The van der Waals surface area contributed by atoms with Crippen LogP contribution in [0, 0.1) is 10.1 Å². The fourth-order valence-electron chi connectivity index (χ4n) is 1.05. The first-order valence-corrected chi connectivity index (χ1v) is 5.58. The summed E-state index contributed by atoms with van der Waals surface area (Å²) < 4.78 is 5.82. The molecule has 0 heterocycles. The van der Waals surface area contributed by atoms with Crippen LogP contribution in [0.25, 0.3) is 0 Å². The molecule has 0 saturated carbocycles. The summed E-state index contributed by atoms with van der Waals surface area (Å²) in [4.78, 5) is 10.1. The van der Waals surface area contributed by atoms with Gasteiger partial charge in [0.15, 0.2) is 0 Å². The molecule has 1 atom stereocenters. The Kier molecular flexibility index (Phi) is 4.70. The van der Waals surface area contributed by atoms with Gasteiger partial charge in [0.2, 0.25) is 0 Å². The monoisotopic (exact) mass is 289 g/mol. The molecule has 1 aromatic carbocycles. The van der Waals surface area contributed by atoms with Gasteiger partial charge >= 0.3 is 0 Å². The first kappa shape index (κ1) is 12.9. The van der Waals surface area contributed by atoms with Gasteiger partial charge in [-0.15, -0.1) is 0 Å². The summed E-state index contributed by atoms with van der Waals surface area (Å²) in [7, 11) is 0. The Morgan fingerprint density at radius 1 is 1.56 bits per heavy atom. The molecule has 1 unspecified atom stereocenters. The quantitative estimate of drug-likeness (QED) is 0.668. The number of benzene rings is 1. The van der Waals surface area contributed by atoms with Crippen LogP contribution in [0.5, 0.6) is 5.75 Å². The maximum absolute atomic E-state index is 10.6. The van der Waals surface area contributed by atoms with Crippen LogP contribution in [-0.4, -0.2) is 22.7 Å². The second-order valence-corrected chi connectivity index (χ2v) is 4.19. The molecule has 6 heteroatoms. The summed E-state index contributed by atoms with van der Waals surface area (Å²) in [5.74, 6) is 0.369. The lowest BCUT2D eigenvalue weighted by molar-refractivity contribution is -0.385. The van der Waals surface area contributed by atoms with Gasteiger partial charge < -0.3 is 9.84 Å². The lowest BCUT2D eigenvalue weighted by Crippen LogP contribution is -2.16. The fourth-order valence-corrected chi connectivity index (χ4v) is 1.51. The smallest absolute Gasteiger partial charge is 0.274 e. The first-order chi connectivity index (χ1) is 7.52. The van der Waals surface area contributed by atoms with Crippen LogP contribution in [-0.2, 0) is 0 Å². The van der Waals surface area contributed by atoms with Crippen LogP contribution in [0.3, 0.4) is 0 Å². The fraction of sp³-hybridized carbons (Fsp3) is 0.400. The molecular formula is C10H12BrNO4. The van der Waals surface area contributed by atoms with Crippen molar-refractivity contribution in [3.05, 3.63) is 32.8 Å². The Bertz CT molecular complexity index is 383. The van der Waals surface area contributed by atoms with Crippen molar-refractivity contribution < 1.29 is 14.8 Å². The second-order valence-electron chi connectivity index (χ2n) is 3.28. The Hall–Kier alpha value is -1.14. The van der Waals surface area contributed by atoms with Crippen molar-refractivity contribution in [2.24, 2.45) is 0 Å². The summed E-state index contributed by atoms with van der Waals surface area (Å²) in [5, 5.41) is 19.9. The number of hydrogen-bond acceptors (Lipinski definition) is 4. The number of hydrogen-bond donors (Lipinski definition) is 1. The first-order valence-electron chi connectivity index (χ1n) is 4.78. The molecule has 1 aromatic rings. The van der Waals surface area contributed by atoms with Gasteiger partial charge in [-0.25, -0.2) is 0 Å². The van der Waals surface area contributed by atoms with Gasteiger partial charge in [0, 0.05) is 10.5 Å². The van der Waals surface area contributed by atoms with Crippen molar-refractivity contribution >= 4 is 21.6 Å². The molecule has 0 saturated heterocycles. The number of aliphatic hydroxyl groups excluding tert-OH is 1. The zero-order valence-electron chi connectivity index (χ0n) is 8.72. The van der Waals surface area contributed by atoms with Gasteiger partial charge in [0.25, 0.3) is 5.69 Å². The van der Waals surface area contributed by atoms with Crippen LogP contribution in [0.15, 0.2) is 22.7 Å². The molecule has 16 heavy (non-hydrogen) atoms. The topological polar surface area (TPSA) is 72.6 Å². The van der Waals surface area contributed by atoms with Gasteiger partial charge in [-0.05, 0) is 12.5 Å². The number of aliphatic hydroxyl groups is 1. The number of rotatable bonds is 5. The molecule has 5 nitrogen and oxygen atoms in total. The average molecular weight is 290 g/mol. The summed E-state index contributed by atoms with van der Waals surface area (Å²) in [6.07, 6.45) is 0.0221. The van der Waals surface area contributed by atoms with Crippen molar-refractivity contribution in [1.82, 2.24) is 0 Å². The number of nitro groups is 1. The van der Waals surface area contributed by atoms with E-state index in [1.165, 1.54) is 12.1 Å². The molecule has 0 aliphatic heterocycles. The number of ether oxygens (including phenoxy) is 1. The SMILES string of the molecule is CCC(O)COc1cc(Br)cc([N+](=O)[O-])c1. The van der Waals surface area contributed by atoms with Crippen LogP contribution in [0.4, 0.5) is 5.69 Å². The lowest BCUT2D eigenvalue weighted by atomic mass is 10.3. The van der Waals surface area contributed by atoms with E-state index in [0.717, 1.165) is 0 Å². The van der Waals surface area contributed by atoms with Gasteiger partial charge in [-0.2, -0.15) is 0 Å². The van der Waals surface area contributed by atoms with Gasteiger partial charge in [-0.1, -0.05) is 22.9 Å². The predicted octanol–water partition coefficient (Wildman–Crippen LogP) is 2.51. The van der Waals surface area contributed by atoms with Crippen molar-refractivity contribution in [3.8, 4) is 5.75 Å². The minimum absolute atomic E-state index is 0.0460. The molecule has 88 valence electrons. The number of nitro benzene ring substituents is 1. The highest BCUT2D eigenvalue weighted by atomic mass is 79.9. The Labute approximate surface area is 101 Å². The Balaban J connectivity index is 2.76. The average Bonchev–Trinajstić information content (AvgIpc) is 2.25. The second kappa shape index (κ2) is 5.81. The van der Waals surface area contributed by atoms with Crippen LogP contribution in [0.1, 0.15) is 13.3 Å². The summed E-state index contributed by atoms with van der Waals surface area (Å²) >= 11 is 3.16. The van der Waals surface area contributed by atoms with E-state index >= 15 is 0 Å². The number of non-ortho nitro benzene ring substituents is 1. The Morgan fingerprint density at radius 2 is 2.25 bits per heavy atom. The highest BCUT2D eigenvalue weighted by Gasteiger charge is 2.10. The standard InChI is InChI=1S/C10H12BrNO4/c1-2-9(13)6-16-10-4-7(11)3-8(5-10)12(14)15/h3-5,9,13H,2,6H2,1H3. The Morgan fingerprint density at radius 3 is 2.81 bits per heavy atom.